The summed E-state index contributed by atoms with van der Waals surface area (Å²) in [6.45, 7) is 1.71. The zero-order valence-corrected chi connectivity index (χ0v) is 12.9. The van der Waals surface area contributed by atoms with E-state index in [1.165, 1.54) is 12.1 Å². The first-order chi connectivity index (χ1) is 10.7. The van der Waals surface area contributed by atoms with Crippen molar-refractivity contribution in [2.75, 3.05) is 11.1 Å². The predicted octanol–water partition coefficient (Wildman–Crippen LogP) is 3.01. The van der Waals surface area contributed by atoms with Crippen molar-refractivity contribution in [2.45, 2.75) is 18.3 Å². The zero-order chi connectivity index (χ0) is 17.2. The number of carbonyl (C=O) groups is 1. The highest BCUT2D eigenvalue weighted by Gasteiger charge is 2.37. The number of benzene rings is 1. The molecule has 0 bridgehead atoms. The number of rotatable bonds is 4. The van der Waals surface area contributed by atoms with Gasteiger partial charge in [0, 0.05) is 7.05 Å². The molecule has 10 heteroatoms. The molecular formula is C13H12F4N4OS. The molecule has 0 saturated heterocycles. The zero-order valence-electron chi connectivity index (χ0n) is 12.1. The number of aromatic nitrogens is 3. The summed E-state index contributed by atoms with van der Waals surface area (Å²) in [5.41, 5.74) is 0.712. The summed E-state index contributed by atoms with van der Waals surface area (Å²) < 4.78 is 52.1. The Labute approximate surface area is 133 Å². The minimum atomic E-state index is -4.62. The molecule has 124 valence electrons. The lowest BCUT2D eigenvalue weighted by Gasteiger charge is -2.08. The van der Waals surface area contributed by atoms with Crippen molar-refractivity contribution in [3.8, 4) is 0 Å². The van der Waals surface area contributed by atoms with E-state index in [-0.39, 0.29) is 16.6 Å². The molecule has 0 aliphatic rings. The molecule has 1 aromatic heterocycles. The summed E-state index contributed by atoms with van der Waals surface area (Å²) in [7, 11) is 1.16. The van der Waals surface area contributed by atoms with Crippen LogP contribution in [0.2, 0.25) is 0 Å². The average Bonchev–Trinajstić information content (AvgIpc) is 2.81. The summed E-state index contributed by atoms with van der Waals surface area (Å²) >= 11 is 0.775. The Morgan fingerprint density at radius 2 is 2.04 bits per heavy atom. The summed E-state index contributed by atoms with van der Waals surface area (Å²) in [4.78, 5) is 11.8. The number of carbonyl (C=O) groups excluding carboxylic acids is 1. The third kappa shape index (κ3) is 4.21. The third-order valence-corrected chi connectivity index (χ3v) is 3.84. The number of aryl methyl sites for hydroxylation is 1. The van der Waals surface area contributed by atoms with E-state index in [2.05, 4.69) is 15.5 Å². The lowest BCUT2D eigenvalue weighted by atomic mass is 10.2. The summed E-state index contributed by atoms with van der Waals surface area (Å²) in [6, 6.07) is 4.31. The van der Waals surface area contributed by atoms with Gasteiger partial charge in [0.25, 0.3) is 0 Å². The second-order valence-electron chi connectivity index (χ2n) is 4.68. The SMILES string of the molecule is Cc1ccc(NC(=O)CSc2nnc(C(F)(F)F)n2C)c(F)c1. The molecule has 2 aromatic rings. The Hall–Kier alpha value is -2.10. The van der Waals surface area contributed by atoms with Gasteiger partial charge in [-0.1, -0.05) is 17.8 Å². The number of thioether (sulfide) groups is 1. The van der Waals surface area contributed by atoms with Crippen molar-refractivity contribution in [1.82, 2.24) is 14.8 Å². The number of hydrogen-bond donors (Lipinski definition) is 1. The molecule has 1 aromatic carbocycles. The number of nitrogens with one attached hydrogen (secondary N) is 1. The quantitative estimate of drug-likeness (QED) is 0.682. The monoisotopic (exact) mass is 348 g/mol. The van der Waals surface area contributed by atoms with Crippen LogP contribution in [0.4, 0.5) is 23.2 Å². The number of anilines is 1. The van der Waals surface area contributed by atoms with Crippen molar-refractivity contribution in [2.24, 2.45) is 7.05 Å². The van der Waals surface area contributed by atoms with E-state index < -0.39 is 23.7 Å². The maximum atomic E-state index is 13.6. The van der Waals surface area contributed by atoms with E-state index >= 15 is 0 Å². The first-order valence-corrected chi connectivity index (χ1v) is 7.32. The van der Waals surface area contributed by atoms with E-state index in [1.54, 1.807) is 13.0 Å². The van der Waals surface area contributed by atoms with E-state index in [4.69, 9.17) is 0 Å². The number of halogens is 4. The molecule has 1 heterocycles. The average molecular weight is 348 g/mol. The molecule has 23 heavy (non-hydrogen) atoms. The topological polar surface area (TPSA) is 59.8 Å². The van der Waals surface area contributed by atoms with Crippen LogP contribution in [0.5, 0.6) is 0 Å². The van der Waals surface area contributed by atoms with Crippen LogP contribution in [-0.4, -0.2) is 26.4 Å². The molecule has 0 fully saturated rings. The van der Waals surface area contributed by atoms with Crippen LogP contribution >= 0.6 is 11.8 Å². The van der Waals surface area contributed by atoms with Gasteiger partial charge in [-0.05, 0) is 24.6 Å². The van der Waals surface area contributed by atoms with Gasteiger partial charge in [-0.2, -0.15) is 13.2 Å². The highest BCUT2D eigenvalue weighted by atomic mass is 32.2. The second kappa shape index (κ2) is 6.57. The Bertz CT molecular complexity index is 729. The lowest BCUT2D eigenvalue weighted by Crippen LogP contribution is -2.16. The fourth-order valence-corrected chi connectivity index (χ4v) is 2.44. The highest BCUT2D eigenvalue weighted by Crippen LogP contribution is 2.29. The summed E-state index contributed by atoms with van der Waals surface area (Å²) in [5, 5.41) is 8.73. The molecule has 0 spiro atoms. The van der Waals surface area contributed by atoms with Crippen molar-refractivity contribution >= 4 is 23.4 Å². The van der Waals surface area contributed by atoms with Gasteiger partial charge in [0.2, 0.25) is 11.7 Å². The number of hydrogen-bond acceptors (Lipinski definition) is 4. The largest absolute Gasteiger partial charge is 0.451 e. The Morgan fingerprint density at radius 1 is 1.35 bits per heavy atom. The molecule has 1 N–H and O–H groups in total. The van der Waals surface area contributed by atoms with Crippen molar-refractivity contribution in [3.05, 3.63) is 35.4 Å². The molecule has 5 nitrogen and oxygen atoms in total. The highest BCUT2D eigenvalue weighted by molar-refractivity contribution is 7.99. The fraction of sp³-hybridized carbons (Fsp3) is 0.308. The van der Waals surface area contributed by atoms with Gasteiger partial charge in [-0.3, -0.25) is 4.79 Å². The molecule has 0 saturated carbocycles. The Morgan fingerprint density at radius 3 is 2.61 bits per heavy atom. The van der Waals surface area contributed by atoms with Crippen molar-refractivity contribution < 1.29 is 22.4 Å². The van der Waals surface area contributed by atoms with Crippen LogP contribution in [0, 0.1) is 12.7 Å². The minimum Gasteiger partial charge on any atom is -0.323 e. The van der Waals surface area contributed by atoms with Crippen LogP contribution in [-0.2, 0) is 18.0 Å². The van der Waals surface area contributed by atoms with Gasteiger partial charge in [0.15, 0.2) is 5.16 Å². The third-order valence-electron chi connectivity index (χ3n) is 2.82. The van der Waals surface area contributed by atoms with Crippen LogP contribution in [0.1, 0.15) is 11.4 Å². The lowest BCUT2D eigenvalue weighted by molar-refractivity contribution is -0.147. The molecule has 2 rings (SSSR count). The van der Waals surface area contributed by atoms with Crippen LogP contribution in [0.15, 0.2) is 23.4 Å². The van der Waals surface area contributed by atoms with Gasteiger partial charge < -0.3 is 9.88 Å². The normalized spacial score (nSPS) is 11.6. The maximum Gasteiger partial charge on any atom is 0.451 e. The predicted molar refractivity (Wildman–Crippen MR) is 76.5 cm³/mol. The minimum absolute atomic E-state index is 0.00939. The molecule has 1 amide bonds. The van der Waals surface area contributed by atoms with Crippen molar-refractivity contribution in [3.63, 3.8) is 0 Å². The number of alkyl halides is 3. The van der Waals surface area contributed by atoms with Crippen LogP contribution in [0.3, 0.4) is 0 Å². The van der Waals surface area contributed by atoms with Gasteiger partial charge in [0.05, 0.1) is 11.4 Å². The van der Waals surface area contributed by atoms with Gasteiger partial charge in [0.1, 0.15) is 5.82 Å². The molecule has 0 aliphatic heterocycles. The van der Waals surface area contributed by atoms with E-state index in [0.29, 0.717) is 5.56 Å². The second-order valence-corrected chi connectivity index (χ2v) is 5.63. The Kier molecular flexibility index (Phi) is 4.93. The van der Waals surface area contributed by atoms with Gasteiger partial charge in [-0.25, -0.2) is 4.39 Å². The maximum absolute atomic E-state index is 13.6. The van der Waals surface area contributed by atoms with E-state index in [1.807, 2.05) is 0 Å². The molecule has 0 aliphatic carbocycles. The van der Waals surface area contributed by atoms with Crippen LogP contribution < -0.4 is 5.32 Å². The fourth-order valence-electron chi connectivity index (χ4n) is 1.73. The molecule has 0 unspecified atom stereocenters. The standard InChI is InChI=1S/C13H12F4N4OS/c1-7-3-4-9(8(14)5-7)18-10(22)6-23-12-20-19-11(21(12)2)13(15,16)17/h3-5H,6H2,1-2H3,(H,18,22). The first-order valence-electron chi connectivity index (χ1n) is 6.34. The summed E-state index contributed by atoms with van der Waals surface area (Å²) in [6.07, 6.45) is -4.62. The van der Waals surface area contributed by atoms with E-state index in [9.17, 15) is 22.4 Å². The smallest absolute Gasteiger partial charge is 0.323 e. The van der Waals surface area contributed by atoms with Crippen LogP contribution in [0.25, 0.3) is 0 Å². The van der Waals surface area contributed by atoms with Gasteiger partial charge in [-0.15, -0.1) is 10.2 Å². The molecule has 0 radical (unpaired) electrons. The molecule has 0 atom stereocenters. The molecular weight excluding hydrogens is 336 g/mol. The van der Waals surface area contributed by atoms with Crippen molar-refractivity contribution in [1.29, 1.82) is 0 Å². The van der Waals surface area contributed by atoms with Gasteiger partial charge >= 0.3 is 6.18 Å². The van der Waals surface area contributed by atoms with E-state index in [0.717, 1.165) is 23.4 Å². The first kappa shape index (κ1) is 17.3. The summed E-state index contributed by atoms with van der Waals surface area (Å²) in [5.74, 6) is -2.52. The number of nitrogens with zero attached hydrogens (tertiary/aromatic N) is 3. The Balaban J connectivity index is 1.98. The number of amides is 1.